The molecule has 3 rings (SSSR count). The number of benzene rings is 2. The van der Waals surface area contributed by atoms with Crippen molar-refractivity contribution in [2.45, 2.75) is 52.4 Å². The molecule has 2 unspecified atom stereocenters. The quantitative estimate of drug-likeness (QED) is 0.529. The van der Waals surface area contributed by atoms with Crippen molar-refractivity contribution in [2.24, 2.45) is 5.92 Å². The topological polar surface area (TPSA) is 0 Å². The van der Waals surface area contributed by atoms with Gasteiger partial charge in [0.2, 0.25) is 0 Å². The fourth-order valence-electron chi connectivity index (χ4n) is 4.27. The summed E-state index contributed by atoms with van der Waals surface area (Å²) in [4.78, 5) is 0. The van der Waals surface area contributed by atoms with E-state index in [1.165, 1.54) is 40.7 Å². The van der Waals surface area contributed by atoms with Gasteiger partial charge in [0.25, 0.3) is 0 Å². The average molecular weight is 331 g/mol. The zero-order valence-electron chi connectivity index (χ0n) is 15.9. The van der Waals surface area contributed by atoms with Gasteiger partial charge in [-0.05, 0) is 74.6 Å². The molecule has 25 heavy (non-hydrogen) atoms. The molecule has 0 aliphatic heterocycles. The molecular formula is C25H30. The summed E-state index contributed by atoms with van der Waals surface area (Å²) in [7, 11) is 0. The lowest BCUT2D eigenvalue weighted by Crippen LogP contribution is -2.19. The van der Waals surface area contributed by atoms with Gasteiger partial charge in [0.15, 0.2) is 0 Å². The van der Waals surface area contributed by atoms with Gasteiger partial charge in [-0.3, -0.25) is 0 Å². The second-order valence-corrected chi connectivity index (χ2v) is 7.66. The summed E-state index contributed by atoms with van der Waals surface area (Å²) in [5.74, 6) is 1.05. The maximum Gasteiger partial charge on any atom is 0.00912 e. The summed E-state index contributed by atoms with van der Waals surface area (Å²) >= 11 is 0. The third-order valence-corrected chi connectivity index (χ3v) is 5.65. The predicted molar refractivity (Wildman–Crippen MR) is 109 cm³/mol. The SMILES string of the molecule is C=C(C)C1CCC(C)=CC1c1c(C)cccc1CCc1ccccc1. The third-order valence-electron chi connectivity index (χ3n) is 5.65. The molecule has 0 saturated heterocycles. The van der Waals surface area contributed by atoms with E-state index >= 15 is 0 Å². The largest absolute Gasteiger partial charge is 0.0998 e. The molecular weight excluding hydrogens is 300 g/mol. The number of hydrogen-bond donors (Lipinski definition) is 0. The highest BCUT2D eigenvalue weighted by Gasteiger charge is 2.28. The maximum absolute atomic E-state index is 4.30. The Morgan fingerprint density at radius 1 is 1.00 bits per heavy atom. The van der Waals surface area contributed by atoms with Crippen molar-refractivity contribution in [1.82, 2.24) is 0 Å². The summed E-state index contributed by atoms with van der Waals surface area (Å²) in [5, 5.41) is 0. The van der Waals surface area contributed by atoms with Crippen molar-refractivity contribution in [1.29, 1.82) is 0 Å². The van der Waals surface area contributed by atoms with Crippen molar-refractivity contribution in [2.75, 3.05) is 0 Å². The molecule has 0 N–H and O–H groups in total. The highest BCUT2D eigenvalue weighted by atomic mass is 14.3. The first-order valence-electron chi connectivity index (χ1n) is 9.51. The first-order chi connectivity index (χ1) is 12.1. The lowest BCUT2D eigenvalue weighted by molar-refractivity contribution is 0.479. The molecule has 1 aliphatic rings. The van der Waals surface area contributed by atoms with Gasteiger partial charge in [-0.25, -0.2) is 0 Å². The first kappa shape index (κ1) is 17.7. The second-order valence-electron chi connectivity index (χ2n) is 7.66. The van der Waals surface area contributed by atoms with E-state index in [9.17, 15) is 0 Å². The van der Waals surface area contributed by atoms with Crippen LogP contribution in [0.1, 0.15) is 54.9 Å². The molecule has 0 bridgehead atoms. The standard InChI is InChI=1S/C25H30/c1-18(2)23-16-13-19(3)17-24(23)25-20(4)9-8-12-22(25)15-14-21-10-6-5-7-11-21/h5-12,17,23-24H,1,13-16H2,2-4H3. The van der Waals surface area contributed by atoms with Gasteiger partial charge in [0.05, 0.1) is 0 Å². The number of hydrogen-bond acceptors (Lipinski definition) is 0. The highest BCUT2D eigenvalue weighted by molar-refractivity contribution is 5.43. The van der Waals surface area contributed by atoms with E-state index in [-0.39, 0.29) is 0 Å². The lowest BCUT2D eigenvalue weighted by Gasteiger charge is -2.33. The Morgan fingerprint density at radius 2 is 1.76 bits per heavy atom. The molecule has 0 saturated carbocycles. The van der Waals surface area contributed by atoms with Crippen molar-refractivity contribution in [3.63, 3.8) is 0 Å². The molecule has 0 nitrogen and oxygen atoms in total. The van der Waals surface area contributed by atoms with E-state index < -0.39 is 0 Å². The van der Waals surface area contributed by atoms with E-state index in [0.29, 0.717) is 11.8 Å². The average Bonchev–Trinajstić information content (AvgIpc) is 2.60. The molecule has 130 valence electrons. The Kier molecular flexibility index (Phi) is 5.58. The molecule has 0 heteroatoms. The Bertz CT molecular complexity index is 764. The van der Waals surface area contributed by atoms with Crippen LogP contribution in [0.25, 0.3) is 0 Å². The van der Waals surface area contributed by atoms with Crippen molar-refractivity contribution in [3.05, 3.63) is 94.6 Å². The zero-order valence-corrected chi connectivity index (χ0v) is 15.9. The van der Waals surface area contributed by atoms with Gasteiger partial charge in [-0.2, -0.15) is 0 Å². The molecule has 0 heterocycles. The third kappa shape index (κ3) is 4.12. The van der Waals surface area contributed by atoms with Crippen LogP contribution in [0.15, 0.2) is 72.3 Å². The minimum absolute atomic E-state index is 0.484. The Morgan fingerprint density at radius 3 is 2.48 bits per heavy atom. The molecule has 2 aromatic carbocycles. The van der Waals surface area contributed by atoms with Crippen LogP contribution >= 0.6 is 0 Å². The van der Waals surface area contributed by atoms with Gasteiger partial charge in [-0.15, -0.1) is 0 Å². The van der Waals surface area contributed by atoms with Gasteiger partial charge in [0, 0.05) is 5.92 Å². The summed E-state index contributed by atoms with van der Waals surface area (Å²) in [6.07, 6.45) is 7.16. The molecule has 1 aliphatic carbocycles. The summed E-state index contributed by atoms with van der Waals surface area (Å²) in [6, 6.07) is 17.7. The van der Waals surface area contributed by atoms with E-state index in [2.05, 4.69) is 82.0 Å². The Hall–Kier alpha value is -2.08. The van der Waals surface area contributed by atoms with Gasteiger partial charge in [-0.1, -0.05) is 72.3 Å². The van der Waals surface area contributed by atoms with Crippen molar-refractivity contribution < 1.29 is 0 Å². The predicted octanol–water partition coefficient (Wildman–Crippen LogP) is 6.80. The van der Waals surface area contributed by atoms with Crippen LogP contribution in [0.2, 0.25) is 0 Å². The van der Waals surface area contributed by atoms with E-state index in [4.69, 9.17) is 0 Å². The normalized spacial score (nSPS) is 20.2. The molecule has 0 radical (unpaired) electrons. The number of aryl methyl sites for hydroxylation is 3. The highest BCUT2D eigenvalue weighted by Crippen LogP contribution is 2.42. The van der Waals surface area contributed by atoms with E-state index in [1.807, 2.05) is 0 Å². The number of allylic oxidation sites excluding steroid dienone is 3. The van der Waals surface area contributed by atoms with Crippen molar-refractivity contribution >= 4 is 0 Å². The molecule has 0 aromatic heterocycles. The Labute approximate surface area is 153 Å². The molecule has 0 spiro atoms. The number of rotatable bonds is 5. The summed E-state index contributed by atoms with van der Waals surface area (Å²) in [6.45, 7) is 11.1. The van der Waals surface area contributed by atoms with E-state index in [1.54, 1.807) is 5.56 Å². The summed E-state index contributed by atoms with van der Waals surface area (Å²) < 4.78 is 0. The van der Waals surface area contributed by atoms with Crippen LogP contribution in [-0.4, -0.2) is 0 Å². The van der Waals surface area contributed by atoms with Gasteiger partial charge in [0.1, 0.15) is 0 Å². The van der Waals surface area contributed by atoms with Crippen molar-refractivity contribution in [3.8, 4) is 0 Å². The zero-order chi connectivity index (χ0) is 17.8. The lowest BCUT2D eigenvalue weighted by atomic mass is 9.72. The first-order valence-corrected chi connectivity index (χ1v) is 9.51. The maximum atomic E-state index is 4.30. The second kappa shape index (κ2) is 7.87. The van der Waals surface area contributed by atoms with Crippen LogP contribution < -0.4 is 0 Å². The van der Waals surface area contributed by atoms with Crippen LogP contribution in [0.5, 0.6) is 0 Å². The Balaban J connectivity index is 1.94. The van der Waals surface area contributed by atoms with Crippen LogP contribution in [0.4, 0.5) is 0 Å². The van der Waals surface area contributed by atoms with E-state index in [0.717, 1.165) is 12.8 Å². The minimum Gasteiger partial charge on any atom is -0.0998 e. The minimum atomic E-state index is 0.484. The molecule has 0 fully saturated rings. The van der Waals surface area contributed by atoms with Crippen LogP contribution in [-0.2, 0) is 12.8 Å². The molecule has 2 atom stereocenters. The fraction of sp³-hybridized carbons (Fsp3) is 0.360. The van der Waals surface area contributed by atoms with Gasteiger partial charge < -0.3 is 0 Å². The molecule has 0 amide bonds. The monoisotopic (exact) mass is 330 g/mol. The van der Waals surface area contributed by atoms with Gasteiger partial charge >= 0.3 is 0 Å². The smallest absolute Gasteiger partial charge is 0.00912 e. The molecule has 2 aromatic rings. The fourth-order valence-corrected chi connectivity index (χ4v) is 4.27. The van der Waals surface area contributed by atoms with Crippen LogP contribution in [0, 0.1) is 12.8 Å². The van der Waals surface area contributed by atoms with Crippen LogP contribution in [0.3, 0.4) is 0 Å². The summed E-state index contributed by atoms with van der Waals surface area (Å²) in [5.41, 5.74) is 8.75.